The molecule has 0 spiro atoms. The summed E-state index contributed by atoms with van der Waals surface area (Å²) in [5.41, 5.74) is 0. The van der Waals surface area contributed by atoms with E-state index in [1.165, 1.54) is 0 Å². The van der Waals surface area contributed by atoms with E-state index in [-0.39, 0.29) is 42.0 Å². The zero-order valence-electron chi connectivity index (χ0n) is 11.0. The lowest BCUT2D eigenvalue weighted by molar-refractivity contribution is -0.169. The van der Waals surface area contributed by atoms with Gasteiger partial charge in [0.25, 0.3) is 0 Å². The van der Waals surface area contributed by atoms with E-state index in [0.29, 0.717) is 19.3 Å². The van der Waals surface area contributed by atoms with Gasteiger partial charge in [-0.3, -0.25) is 4.79 Å². The zero-order chi connectivity index (χ0) is 14.0. The van der Waals surface area contributed by atoms with E-state index in [0.717, 1.165) is 6.42 Å². The summed E-state index contributed by atoms with van der Waals surface area (Å²) in [4.78, 5) is 12.0. The second-order valence-corrected chi connectivity index (χ2v) is 5.70. The van der Waals surface area contributed by atoms with Crippen molar-refractivity contribution in [2.24, 2.45) is 17.8 Å². The van der Waals surface area contributed by atoms with Crippen LogP contribution >= 0.6 is 11.6 Å². The fourth-order valence-corrected chi connectivity index (χ4v) is 3.81. The molecule has 0 saturated heterocycles. The standard InChI is InChI=1S/C13H21ClO5/c1-18-12-9-4-7(15)2-3-8(9)10(5-11(12)16)13(17)19-6-14/h7-12,15-16H,2-6H2,1H3/t7-,8+,9-,10-,11+,12-/m1/s1. The number of rotatable bonds is 3. The summed E-state index contributed by atoms with van der Waals surface area (Å²) in [6.07, 6.45) is 0.924. The number of hydrogen-bond acceptors (Lipinski definition) is 5. The van der Waals surface area contributed by atoms with Crippen LogP contribution in [0.15, 0.2) is 0 Å². The molecule has 0 radical (unpaired) electrons. The van der Waals surface area contributed by atoms with Crippen LogP contribution in [0.2, 0.25) is 0 Å². The van der Waals surface area contributed by atoms with Crippen LogP contribution in [0.1, 0.15) is 25.7 Å². The zero-order valence-corrected chi connectivity index (χ0v) is 11.8. The molecule has 2 saturated carbocycles. The van der Waals surface area contributed by atoms with Crippen molar-refractivity contribution in [3.63, 3.8) is 0 Å². The minimum Gasteiger partial charge on any atom is -0.449 e. The molecule has 0 bridgehead atoms. The molecule has 5 nitrogen and oxygen atoms in total. The molecule has 19 heavy (non-hydrogen) atoms. The monoisotopic (exact) mass is 292 g/mol. The number of fused-ring (bicyclic) bond motifs is 1. The van der Waals surface area contributed by atoms with E-state index < -0.39 is 6.10 Å². The summed E-state index contributed by atoms with van der Waals surface area (Å²) in [5, 5.41) is 19.9. The number of esters is 1. The minimum atomic E-state index is -0.704. The summed E-state index contributed by atoms with van der Waals surface area (Å²) < 4.78 is 10.3. The molecule has 0 aliphatic heterocycles. The van der Waals surface area contributed by atoms with Gasteiger partial charge >= 0.3 is 5.97 Å². The van der Waals surface area contributed by atoms with Crippen LogP contribution in [0.25, 0.3) is 0 Å². The highest BCUT2D eigenvalue weighted by molar-refractivity contribution is 6.17. The number of alkyl halides is 1. The van der Waals surface area contributed by atoms with Crippen molar-refractivity contribution in [3.05, 3.63) is 0 Å². The largest absolute Gasteiger partial charge is 0.449 e. The minimum absolute atomic E-state index is 0.00891. The third-order valence-electron chi connectivity index (χ3n) is 4.51. The Hall–Kier alpha value is -0.360. The van der Waals surface area contributed by atoms with Crippen LogP contribution in [-0.4, -0.2) is 47.7 Å². The van der Waals surface area contributed by atoms with E-state index in [2.05, 4.69) is 0 Å². The lowest BCUT2D eigenvalue weighted by Gasteiger charge is -2.47. The van der Waals surface area contributed by atoms with E-state index in [4.69, 9.17) is 21.1 Å². The summed E-state index contributed by atoms with van der Waals surface area (Å²) >= 11 is 5.44. The predicted octanol–water partition coefficient (Wildman–Crippen LogP) is 0.899. The molecular weight excluding hydrogens is 272 g/mol. The fourth-order valence-electron chi connectivity index (χ4n) is 3.70. The maximum Gasteiger partial charge on any atom is 0.310 e. The SMILES string of the molecule is CO[C@@H]1[C@@H]2C[C@H](O)CC[C@@H]2[C@H](C(=O)OCCl)C[C@@H]1O. The van der Waals surface area contributed by atoms with Crippen molar-refractivity contribution in [1.82, 2.24) is 0 Å². The Balaban J connectivity index is 2.17. The molecule has 0 aromatic rings. The van der Waals surface area contributed by atoms with Crippen LogP contribution in [0, 0.1) is 17.8 Å². The van der Waals surface area contributed by atoms with Gasteiger partial charge in [0.05, 0.1) is 24.2 Å². The van der Waals surface area contributed by atoms with Gasteiger partial charge in [-0.25, -0.2) is 0 Å². The molecule has 2 fully saturated rings. The first-order valence-electron chi connectivity index (χ1n) is 6.70. The second-order valence-electron chi connectivity index (χ2n) is 5.48. The van der Waals surface area contributed by atoms with Gasteiger partial charge in [-0.2, -0.15) is 0 Å². The fraction of sp³-hybridized carbons (Fsp3) is 0.923. The van der Waals surface area contributed by atoms with Gasteiger partial charge < -0.3 is 19.7 Å². The number of aliphatic hydroxyl groups is 2. The highest BCUT2D eigenvalue weighted by Gasteiger charge is 2.49. The lowest BCUT2D eigenvalue weighted by Crippen LogP contribution is -2.52. The molecule has 110 valence electrons. The van der Waals surface area contributed by atoms with Gasteiger partial charge in [0.1, 0.15) is 0 Å². The summed E-state index contributed by atoms with van der Waals surface area (Å²) in [6.45, 7) is 0. The van der Waals surface area contributed by atoms with Gasteiger partial charge in [0.15, 0.2) is 6.07 Å². The molecule has 0 heterocycles. The first-order chi connectivity index (χ1) is 9.08. The molecule has 0 aromatic carbocycles. The number of carbonyl (C=O) groups excluding carboxylic acids is 1. The number of hydrogen-bond donors (Lipinski definition) is 2. The van der Waals surface area contributed by atoms with E-state index in [9.17, 15) is 15.0 Å². The van der Waals surface area contributed by atoms with Crippen LogP contribution < -0.4 is 0 Å². The Morgan fingerprint density at radius 3 is 2.63 bits per heavy atom. The number of carbonyl (C=O) groups is 1. The van der Waals surface area contributed by atoms with Crippen molar-refractivity contribution in [2.45, 2.75) is 44.0 Å². The smallest absolute Gasteiger partial charge is 0.310 e. The maximum atomic E-state index is 12.0. The Bertz CT molecular complexity index is 324. The van der Waals surface area contributed by atoms with Crippen LogP contribution in [0.4, 0.5) is 0 Å². The molecule has 0 amide bonds. The van der Waals surface area contributed by atoms with Crippen molar-refractivity contribution in [3.8, 4) is 0 Å². The third-order valence-corrected chi connectivity index (χ3v) is 4.62. The lowest BCUT2D eigenvalue weighted by atomic mass is 9.62. The van der Waals surface area contributed by atoms with Gasteiger partial charge in [-0.1, -0.05) is 11.6 Å². The van der Waals surface area contributed by atoms with Crippen molar-refractivity contribution in [2.75, 3.05) is 13.2 Å². The molecule has 2 aliphatic carbocycles. The number of methoxy groups -OCH3 is 1. The van der Waals surface area contributed by atoms with Crippen LogP contribution in [0.3, 0.4) is 0 Å². The molecule has 6 heteroatoms. The summed E-state index contributed by atoms with van der Waals surface area (Å²) in [5.74, 6) is -0.620. The molecule has 2 N–H and O–H groups in total. The van der Waals surface area contributed by atoms with Crippen LogP contribution in [-0.2, 0) is 14.3 Å². The van der Waals surface area contributed by atoms with Crippen LogP contribution in [0.5, 0.6) is 0 Å². The van der Waals surface area contributed by atoms with Gasteiger partial charge in [0, 0.05) is 7.11 Å². The van der Waals surface area contributed by atoms with Crippen molar-refractivity contribution < 1.29 is 24.5 Å². The summed E-state index contributed by atoms with van der Waals surface area (Å²) in [7, 11) is 1.56. The molecule has 0 unspecified atom stereocenters. The Morgan fingerprint density at radius 2 is 2.00 bits per heavy atom. The number of halogens is 1. The Morgan fingerprint density at radius 1 is 1.26 bits per heavy atom. The topological polar surface area (TPSA) is 76.0 Å². The van der Waals surface area contributed by atoms with Gasteiger partial charge in [-0.05, 0) is 37.5 Å². The average molecular weight is 293 g/mol. The Kier molecular flexibility index (Phi) is 5.06. The maximum absolute atomic E-state index is 12.0. The van der Waals surface area contributed by atoms with Crippen molar-refractivity contribution >= 4 is 17.6 Å². The number of ether oxygens (including phenoxy) is 2. The normalized spacial score (nSPS) is 42.5. The van der Waals surface area contributed by atoms with Gasteiger partial charge in [-0.15, -0.1) is 0 Å². The van der Waals surface area contributed by atoms with Crippen molar-refractivity contribution in [1.29, 1.82) is 0 Å². The van der Waals surface area contributed by atoms with E-state index in [1.54, 1.807) is 7.11 Å². The molecule has 6 atom stereocenters. The van der Waals surface area contributed by atoms with Gasteiger partial charge in [0.2, 0.25) is 0 Å². The molecule has 0 aromatic heterocycles. The first kappa shape index (κ1) is 15.0. The Labute approximate surface area is 117 Å². The third kappa shape index (κ3) is 3.05. The quantitative estimate of drug-likeness (QED) is 0.597. The first-order valence-corrected chi connectivity index (χ1v) is 7.23. The highest BCUT2D eigenvalue weighted by atomic mass is 35.5. The van der Waals surface area contributed by atoms with E-state index in [1.807, 2.05) is 0 Å². The second kappa shape index (κ2) is 6.39. The summed E-state index contributed by atoms with van der Waals surface area (Å²) in [6, 6.07) is -0.168. The molecular formula is C13H21ClO5. The molecule has 2 aliphatic rings. The average Bonchev–Trinajstić information content (AvgIpc) is 2.38. The molecule has 2 rings (SSSR count). The number of aliphatic hydroxyl groups excluding tert-OH is 2. The van der Waals surface area contributed by atoms with E-state index >= 15 is 0 Å². The highest BCUT2D eigenvalue weighted by Crippen LogP contribution is 2.45. The predicted molar refractivity (Wildman–Crippen MR) is 68.6 cm³/mol.